The molecule has 42 heavy (non-hydrogen) atoms. The Labute approximate surface area is 245 Å². The average Bonchev–Trinajstić information content (AvgIpc) is 3.43. The van der Waals surface area contributed by atoms with Gasteiger partial charge in [0.15, 0.2) is 11.5 Å². The van der Waals surface area contributed by atoms with E-state index in [2.05, 4.69) is 5.32 Å². The van der Waals surface area contributed by atoms with Crippen LogP contribution in [0.1, 0.15) is 46.5 Å². The van der Waals surface area contributed by atoms with Crippen molar-refractivity contribution in [2.45, 2.75) is 39.0 Å². The van der Waals surface area contributed by atoms with Gasteiger partial charge in [0.25, 0.3) is 5.91 Å². The summed E-state index contributed by atoms with van der Waals surface area (Å²) < 4.78 is 46.1. The number of carbonyl (C=O) groups excluding carboxylic acids is 1. The highest BCUT2D eigenvalue weighted by atomic mass is 32.2. The zero-order valence-electron chi connectivity index (χ0n) is 23.8. The molecule has 0 radical (unpaired) electrons. The molecule has 1 aliphatic heterocycles. The molecule has 0 aromatic heterocycles. The number of nitrogens with one attached hydrogen (secondary N) is 1. The second-order valence-corrected chi connectivity index (χ2v) is 12.3. The van der Waals surface area contributed by atoms with Crippen LogP contribution in [-0.2, 0) is 30.7 Å². The standard InChI is InChI=1S/C31H35NO9S/c1-4-38-18-29(22-10-12-27-28(16-22)41-19-40-27)39-17-21-9-11-24(25(15-21)23-8-6-5-7-20(23)2)30(33)32-26(31(34)35)13-14-42(3,36)37/h5-12,15-16,26,29H,4,13-14,17-19H2,1-3H3,(H,32,33)(H,34,35)/t26-,29-/m0/s1. The van der Waals surface area contributed by atoms with Crippen LogP contribution in [0.3, 0.4) is 0 Å². The monoisotopic (exact) mass is 597 g/mol. The first-order valence-corrected chi connectivity index (χ1v) is 15.6. The molecule has 1 aliphatic rings. The number of amides is 1. The number of aliphatic carboxylic acids is 1. The zero-order chi connectivity index (χ0) is 30.3. The molecule has 1 amide bonds. The van der Waals surface area contributed by atoms with Gasteiger partial charge in [-0.3, -0.25) is 4.79 Å². The number of aryl methyl sites for hydroxylation is 1. The summed E-state index contributed by atoms with van der Waals surface area (Å²) in [7, 11) is -3.41. The topological polar surface area (TPSA) is 137 Å². The van der Waals surface area contributed by atoms with Crippen LogP contribution in [-0.4, -0.2) is 63.5 Å². The van der Waals surface area contributed by atoms with Crippen molar-refractivity contribution in [3.05, 3.63) is 82.9 Å². The predicted molar refractivity (Wildman–Crippen MR) is 156 cm³/mol. The Morgan fingerprint density at radius 2 is 1.79 bits per heavy atom. The van der Waals surface area contributed by atoms with Crippen molar-refractivity contribution < 1.29 is 42.1 Å². The highest BCUT2D eigenvalue weighted by Gasteiger charge is 2.25. The number of sulfone groups is 1. The molecule has 0 unspecified atom stereocenters. The number of hydrogen-bond acceptors (Lipinski definition) is 8. The molecule has 2 N–H and O–H groups in total. The first-order chi connectivity index (χ1) is 20.1. The second kappa shape index (κ2) is 13.8. The minimum atomic E-state index is -3.41. The second-order valence-electron chi connectivity index (χ2n) is 10.0. The van der Waals surface area contributed by atoms with Crippen molar-refractivity contribution in [2.75, 3.05) is 32.0 Å². The van der Waals surface area contributed by atoms with Gasteiger partial charge in [-0.2, -0.15) is 0 Å². The van der Waals surface area contributed by atoms with Crippen molar-refractivity contribution >= 4 is 21.7 Å². The summed E-state index contributed by atoms with van der Waals surface area (Å²) in [5, 5.41) is 12.1. The predicted octanol–water partition coefficient (Wildman–Crippen LogP) is 4.30. The van der Waals surface area contributed by atoms with Crippen LogP contribution < -0.4 is 14.8 Å². The maximum atomic E-state index is 13.4. The van der Waals surface area contributed by atoms with Gasteiger partial charge >= 0.3 is 5.97 Å². The van der Waals surface area contributed by atoms with Gasteiger partial charge in [-0.25, -0.2) is 13.2 Å². The number of carbonyl (C=O) groups is 2. The van der Waals surface area contributed by atoms with Crippen LogP contribution in [0.2, 0.25) is 0 Å². The Kier molecular flexibility index (Phi) is 10.2. The Bertz CT molecular complexity index is 1540. The van der Waals surface area contributed by atoms with Gasteiger partial charge in [0, 0.05) is 18.4 Å². The normalized spacial score (nSPS) is 13.9. The van der Waals surface area contributed by atoms with Gasteiger partial charge in [0.05, 0.1) is 19.0 Å². The highest BCUT2D eigenvalue weighted by Crippen LogP contribution is 2.35. The maximum Gasteiger partial charge on any atom is 0.326 e. The molecule has 0 spiro atoms. The van der Waals surface area contributed by atoms with Crippen molar-refractivity contribution in [1.82, 2.24) is 5.32 Å². The number of ether oxygens (including phenoxy) is 4. The summed E-state index contributed by atoms with van der Waals surface area (Å²) >= 11 is 0. The molecule has 3 aromatic carbocycles. The van der Waals surface area contributed by atoms with Crippen LogP contribution in [0.15, 0.2) is 60.7 Å². The fourth-order valence-electron chi connectivity index (χ4n) is 4.58. The van der Waals surface area contributed by atoms with Crippen LogP contribution in [0, 0.1) is 6.92 Å². The first kappa shape index (κ1) is 31.0. The Morgan fingerprint density at radius 1 is 1.02 bits per heavy atom. The quantitative estimate of drug-likeness (QED) is 0.279. The van der Waals surface area contributed by atoms with Crippen molar-refractivity contribution in [3.8, 4) is 22.6 Å². The highest BCUT2D eigenvalue weighted by molar-refractivity contribution is 7.90. The molecule has 4 rings (SSSR count). The van der Waals surface area contributed by atoms with Crippen LogP contribution in [0.5, 0.6) is 11.5 Å². The van der Waals surface area contributed by atoms with Gasteiger partial charge in [-0.1, -0.05) is 36.4 Å². The summed E-state index contributed by atoms with van der Waals surface area (Å²) in [6.07, 6.45) is 0.388. The third kappa shape index (κ3) is 8.09. The zero-order valence-corrected chi connectivity index (χ0v) is 24.6. The fourth-order valence-corrected chi connectivity index (χ4v) is 5.24. The SMILES string of the molecule is CCOC[C@H](OCc1ccc(C(=O)N[C@@H](CCS(C)(=O)=O)C(=O)O)c(-c2ccccc2C)c1)c1ccc2c(c1)OCO2. The number of hydrogen-bond donors (Lipinski definition) is 2. The molecule has 0 saturated heterocycles. The van der Waals surface area contributed by atoms with Crippen LogP contribution in [0.25, 0.3) is 11.1 Å². The molecule has 11 heteroatoms. The van der Waals surface area contributed by atoms with E-state index < -0.39 is 33.9 Å². The summed E-state index contributed by atoms with van der Waals surface area (Å²) in [6, 6.07) is 17.0. The van der Waals surface area contributed by atoms with E-state index in [1.54, 1.807) is 12.1 Å². The van der Waals surface area contributed by atoms with Crippen LogP contribution in [0.4, 0.5) is 0 Å². The summed E-state index contributed by atoms with van der Waals surface area (Å²) in [5.41, 5.74) is 4.25. The molecular formula is C31H35NO9S. The molecular weight excluding hydrogens is 562 g/mol. The van der Waals surface area contributed by atoms with Gasteiger partial charge in [0.1, 0.15) is 22.0 Å². The van der Waals surface area contributed by atoms with E-state index >= 15 is 0 Å². The van der Waals surface area contributed by atoms with Gasteiger partial charge in [-0.05, 0) is 72.4 Å². The molecule has 0 saturated carbocycles. The molecule has 0 aliphatic carbocycles. The van der Waals surface area contributed by atoms with E-state index in [-0.39, 0.29) is 31.1 Å². The summed E-state index contributed by atoms with van der Waals surface area (Å²) in [5.74, 6) is -0.968. The van der Waals surface area contributed by atoms with E-state index in [0.29, 0.717) is 30.3 Å². The third-order valence-corrected chi connectivity index (χ3v) is 7.81. The largest absolute Gasteiger partial charge is 0.480 e. The van der Waals surface area contributed by atoms with E-state index in [0.717, 1.165) is 28.5 Å². The van der Waals surface area contributed by atoms with Gasteiger partial charge in [0.2, 0.25) is 6.79 Å². The Morgan fingerprint density at radius 3 is 2.50 bits per heavy atom. The summed E-state index contributed by atoms with van der Waals surface area (Å²) in [6.45, 7) is 5.05. The molecule has 2 atom stereocenters. The molecule has 3 aromatic rings. The Hall–Kier alpha value is -3.93. The lowest BCUT2D eigenvalue weighted by Crippen LogP contribution is -2.42. The Balaban J connectivity index is 1.60. The van der Waals surface area contributed by atoms with E-state index in [9.17, 15) is 23.1 Å². The summed E-state index contributed by atoms with van der Waals surface area (Å²) in [4.78, 5) is 25.2. The lowest BCUT2D eigenvalue weighted by Gasteiger charge is -2.20. The maximum absolute atomic E-state index is 13.4. The van der Waals surface area contributed by atoms with Gasteiger partial charge in [-0.15, -0.1) is 0 Å². The molecule has 10 nitrogen and oxygen atoms in total. The first-order valence-electron chi connectivity index (χ1n) is 13.5. The van der Waals surface area contributed by atoms with Crippen molar-refractivity contribution in [1.29, 1.82) is 0 Å². The third-order valence-electron chi connectivity index (χ3n) is 6.84. The van der Waals surface area contributed by atoms with E-state index in [1.807, 2.05) is 62.4 Å². The number of carboxylic acids is 1. The van der Waals surface area contributed by atoms with Crippen LogP contribution >= 0.6 is 0 Å². The number of fused-ring (bicyclic) bond motifs is 1. The average molecular weight is 598 g/mol. The molecule has 1 heterocycles. The van der Waals surface area contributed by atoms with Gasteiger partial charge < -0.3 is 29.4 Å². The lowest BCUT2D eigenvalue weighted by molar-refractivity contribution is -0.139. The van der Waals surface area contributed by atoms with E-state index in [4.69, 9.17) is 18.9 Å². The minimum absolute atomic E-state index is 0.169. The molecule has 224 valence electrons. The van der Waals surface area contributed by atoms with E-state index in [1.165, 1.54) is 0 Å². The minimum Gasteiger partial charge on any atom is -0.480 e. The smallest absolute Gasteiger partial charge is 0.326 e. The molecule has 0 bridgehead atoms. The van der Waals surface area contributed by atoms with Crippen molar-refractivity contribution in [2.24, 2.45) is 0 Å². The van der Waals surface area contributed by atoms with Crippen molar-refractivity contribution in [3.63, 3.8) is 0 Å². The fraction of sp³-hybridized carbons (Fsp3) is 0.355. The molecule has 0 fully saturated rings. The number of carboxylic acid groups (broad SMARTS) is 1. The lowest BCUT2D eigenvalue weighted by atomic mass is 9.93. The number of rotatable bonds is 14. The number of benzene rings is 3.